The van der Waals surface area contributed by atoms with Crippen molar-refractivity contribution >= 4 is 29.1 Å². The summed E-state index contributed by atoms with van der Waals surface area (Å²) >= 11 is 10.9. The average Bonchev–Trinajstić information content (AvgIpc) is 2.70. The lowest BCUT2D eigenvalue weighted by molar-refractivity contribution is -0.121. The number of nitrogens with zero attached hydrogens (tertiary/aromatic N) is 1. The number of aliphatic hydroxyl groups is 1. The molecule has 0 radical (unpaired) electrons. The number of aromatic nitrogens is 1. The summed E-state index contributed by atoms with van der Waals surface area (Å²) in [5, 5.41) is 15.8. The van der Waals surface area contributed by atoms with E-state index in [1.165, 1.54) is 0 Å². The molecule has 27 heavy (non-hydrogen) atoms. The first-order valence-corrected chi connectivity index (χ1v) is 9.42. The van der Waals surface area contributed by atoms with Crippen LogP contribution in [0, 0.1) is 0 Å². The zero-order valence-electron chi connectivity index (χ0n) is 14.8. The Kier molecular flexibility index (Phi) is 8.44. The molecule has 5 nitrogen and oxygen atoms in total. The van der Waals surface area contributed by atoms with Crippen LogP contribution in [0.5, 0.6) is 0 Å². The lowest BCUT2D eigenvalue weighted by Gasteiger charge is -2.22. The fourth-order valence-electron chi connectivity index (χ4n) is 2.51. The first kappa shape index (κ1) is 21.6. The number of benzene rings is 1. The van der Waals surface area contributed by atoms with E-state index < -0.39 is 29.6 Å². The van der Waals surface area contributed by atoms with Crippen molar-refractivity contribution in [3.8, 4) is 11.1 Å². The SMILES string of the molecule is CCNCc1ccc(-c2ccc(C(O)C(CF)NC(=O)C(Cl)Cl)cc2)cn1. The molecule has 0 saturated carbocycles. The number of nitrogens with one attached hydrogen (secondary N) is 2. The summed E-state index contributed by atoms with van der Waals surface area (Å²) in [6, 6.07) is 9.77. The van der Waals surface area contributed by atoms with Gasteiger partial charge in [0.1, 0.15) is 12.8 Å². The van der Waals surface area contributed by atoms with E-state index in [1.807, 2.05) is 31.2 Å². The second kappa shape index (κ2) is 10.6. The Bertz CT molecular complexity index is 727. The van der Waals surface area contributed by atoms with E-state index in [4.69, 9.17) is 23.2 Å². The van der Waals surface area contributed by atoms with Gasteiger partial charge >= 0.3 is 0 Å². The highest BCUT2D eigenvalue weighted by molar-refractivity contribution is 6.53. The van der Waals surface area contributed by atoms with Gasteiger partial charge in [-0.05, 0) is 23.7 Å². The number of carbonyl (C=O) groups is 1. The molecule has 1 amide bonds. The summed E-state index contributed by atoms with van der Waals surface area (Å²) in [5.74, 6) is -0.750. The number of alkyl halides is 3. The Hall–Kier alpha value is -1.73. The number of pyridine rings is 1. The standard InChI is InChI=1S/C19H22Cl2FN3O2/c1-2-23-11-15-8-7-14(10-24-15)12-3-5-13(6-4-12)17(26)16(9-22)25-19(27)18(20)21/h3-8,10,16-18,23,26H,2,9,11H2,1H3,(H,25,27). The third-order valence-corrected chi connectivity index (χ3v) is 4.44. The summed E-state index contributed by atoms with van der Waals surface area (Å²) in [5.41, 5.74) is 3.26. The number of amides is 1. The minimum absolute atomic E-state index is 0.471. The van der Waals surface area contributed by atoms with Gasteiger partial charge in [-0.1, -0.05) is 60.5 Å². The average molecular weight is 414 g/mol. The van der Waals surface area contributed by atoms with Crippen molar-refractivity contribution in [3.63, 3.8) is 0 Å². The maximum absolute atomic E-state index is 13.2. The van der Waals surface area contributed by atoms with E-state index >= 15 is 0 Å². The van der Waals surface area contributed by atoms with E-state index in [-0.39, 0.29) is 0 Å². The minimum Gasteiger partial charge on any atom is -0.386 e. The van der Waals surface area contributed by atoms with Crippen LogP contribution in [-0.4, -0.2) is 40.1 Å². The molecule has 0 aliphatic carbocycles. The highest BCUT2D eigenvalue weighted by Gasteiger charge is 2.25. The van der Waals surface area contributed by atoms with Crippen LogP contribution in [0.25, 0.3) is 11.1 Å². The van der Waals surface area contributed by atoms with Crippen molar-refractivity contribution in [1.82, 2.24) is 15.6 Å². The Morgan fingerprint density at radius 1 is 1.19 bits per heavy atom. The van der Waals surface area contributed by atoms with Crippen LogP contribution in [0.1, 0.15) is 24.3 Å². The molecule has 2 rings (SSSR count). The predicted molar refractivity (Wildman–Crippen MR) is 105 cm³/mol. The molecular weight excluding hydrogens is 392 g/mol. The lowest BCUT2D eigenvalue weighted by atomic mass is 9.99. The number of hydrogen-bond donors (Lipinski definition) is 3. The highest BCUT2D eigenvalue weighted by atomic mass is 35.5. The summed E-state index contributed by atoms with van der Waals surface area (Å²) in [4.78, 5) is 14.6. The Balaban J connectivity index is 2.08. The van der Waals surface area contributed by atoms with Crippen LogP contribution in [0.2, 0.25) is 0 Å². The first-order valence-electron chi connectivity index (χ1n) is 8.54. The van der Waals surface area contributed by atoms with Gasteiger partial charge < -0.3 is 15.7 Å². The number of halogens is 3. The molecule has 0 aliphatic rings. The van der Waals surface area contributed by atoms with Gasteiger partial charge in [-0.2, -0.15) is 0 Å². The molecule has 3 N–H and O–H groups in total. The van der Waals surface area contributed by atoms with Crippen molar-refractivity contribution in [2.75, 3.05) is 13.2 Å². The third kappa shape index (κ3) is 6.14. The van der Waals surface area contributed by atoms with Gasteiger partial charge in [0.2, 0.25) is 0 Å². The van der Waals surface area contributed by atoms with Crippen LogP contribution in [0.3, 0.4) is 0 Å². The van der Waals surface area contributed by atoms with Gasteiger partial charge in [0.05, 0.1) is 11.7 Å². The smallest absolute Gasteiger partial charge is 0.253 e. The van der Waals surface area contributed by atoms with Crippen molar-refractivity contribution < 1.29 is 14.3 Å². The molecule has 8 heteroatoms. The molecule has 1 heterocycles. The molecule has 2 unspecified atom stereocenters. The maximum Gasteiger partial charge on any atom is 0.253 e. The van der Waals surface area contributed by atoms with Crippen LogP contribution in [-0.2, 0) is 11.3 Å². The Morgan fingerprint density at radius 2 is 1.85 bits per heavy atom. The van der Waals surface area contributed by atoms with Crippen LogP contribution < -0.4 is 10.6 Å². The topological polar surface area (TPSA) is 74.2 Å². The molecule has 0 bridgehead atoms. The molecule has 146 valence electrons. The molecule has 2 aromatic rings. The lowest BCUT2D eigenvalue weighted by Crippen LogP contribution is -2.43. The summed E-state index contributed by atoms with van der Waals surface area (Å²) in [6.45, 7) is 2.67. The van der Waals surface area contributed by atoms with Crippen LogP contribution in [0.15, 0.2) is 42.6 Å². The summed E-state index contributed by atoms with van der Waals surface area (Å²) < 4.78 is 13.2. The second-order valence-electron chi connectivity index (χ2n) is 5.96. The summed E-state index contributed by atoms with van der Waals surface area (Å²) in [6.07, 6.45) is 0.560. The summed E-state index contributed by atoms with van der Waals surface area (Å²) in [7, 11) is 0. The van der Waals surface area contributed by atoms with Crippen molar-refractivity contribution in [1.29, 1.82) is 0 Å². The van der Waals surface area contributed by atoms with Crippen molar-refractivity contribution in [2.45, 2.75) is 30.5 Å². The van der Waals surface area contributed by atoms with Gasteiger partial charge in [-0.25, -0.2) is 4.39 Å². The molecule has 0 fully saturated rings. The predicted octanol–water partition coefficient (Wildman–Crippen LogP) is 3.15. The van der Waals surface area contributed by atoms with Gasteiger partial charge in [-0.3, -0.25) is 9.78 Å². The number of aliphatic hydroxyl groups excluding tert-OH is 1. The van der Waals surface area contributed by atoms with Crippen molar-refractivity contribution in [2.24, 2.45) is 0 Å². The molecule has 0 saturated heterocycles. The highest BCUT2D eigenvalue weighted by Crippen LogP contribution is 2.24. The number of hydrogen-bond acceptors (Lipinski definition) is 4. The van der Waals surface area contributed by atoms with E-state index in [0.717, 1.165) is 23.4 Å². The Morgan fingerprint density at radius 3 is 2.37 bits per heavy atom. The normalized spacial score (nSPS) is 13.4. The second-order valence-corrected chi connectivity index (χ2v) is 7.05. The van der Waals surface area contributed by atoms with Gasteiger partial charge in [0, 0.05) is 18.3 Å². The molecule has 0 aliphatic heterocycles. The monoisotopic (exact) mass is 413 g/mol. The zero-order valence-corrected chi connectivity index (χ0v) is 16.3. The molecular formula is C19H22Cl2FN3O2. The first-order chi connectivity index (χ1) is 13.0. The van der Waals surface area contributed by atoms with Crippen LogP contribution in [0.4, 0.5) is 4.39 Å². The number of rotatable bonds is 9. The van der Waals surface area contributed by atoms with E-state index in [2.05, 4.69) is 15.6 Å². The largest absolute Gasteiger partial charge is 0.386 e. The van der Waals surface area contributed by atoms with E-state index in [9.17, 15) is 14.3 Å². The van der Waals surface area contributed by atoms with Gasteiger partial charge in [0.15, 0.2) is 4.84 Å². The van der Waals surface area contributed by atoms with Crippen molar-refractivity contribution in [3.05, 3.63) is 53.9 Å². The van der Waals surface area contributed by atoms with Crippen LogP contribution >= 0.6 is 23.2 Å². The van der Waals surface area contributed by atoms with Gasteiger partial charge in [-0.15, -0.1) is 0 Å². The maximum atomic E-state index is 13.2. The molecule has 1 aromatic heterocycles. The fourth-order valence-corrected chi connectivity index (χ4v) is 2.63. The third-order valence-electron chi connectivity index (χ3n) is 4.04. The molecule has 2 atom stereocenters. The zero-order chi connectivity index (χ0) is 19.8. The molecule has 1 aromatic carbocycles. The quantitative estimate of drug-likeness (QED) is 0.552. The Labute approximate surface area is 167 Å². The fraction of sp³-hybridized carbons (Fsp3) is 0.368. The van der Waals surface area contributed by atoms with E-state index in [0.29, 0.717) is 12.1 Å². The molecule has 0 spiro atoms. The number of carbonyl (C=O) groups excluding carboxylic acids is 1. The van der Waals surface area contributed by atoms with Gasteiger partial charge in [0.25, 0.3) is 5.91 Å². The van der Waals surface area contributed by atoms with E-state index in [1.54, 1.807) is 18.3 Å². The minimum atomic E-state index is -1.32.